The summed E-state index contributed by atoms with van der Waals surface area (Å²) in [6.45, 7) is 0.510. The SMILES string of the molecule is Fc1ccccc1Cn1ccc2ccc(Cl)cc21. The molecule has 18 heavy (non-hydrogen) atoms. The second kappa shape index (κ2) is 4.46. The summed E-state index contributed by atoms with van der Waals surface area (Å²) < 4.78 is 15.6. The van der Waals surface area contributed by atoms with E-state index in [1.165, 1.54) is 6.07 Å². The Morgan fingerprint density at radius 2 is 1.89 bits per heavy atom. The summed E-state index contributed by atoms with van der Waals surface area (Å²) in [5.41, 5.74) is 1.70. The molecular weight excluding hydrogens is 249 g/mol. The van der Waals surface area contributed by atoms with Crippen molar-refractivity contribution in [3.05, 3.63) is 71.1 Å². The van der Waals surface area contributed by atoms with Gasteiger partial charge in [0.15, 0.2) is 0 Å². The largest absolute Gasteiger partial charge is 0.343 e. The van der Waals surface area contributed by atoms with E-state index >= 15 is 0 Å². The molecule has 2 aromatic carbocycles. The maximum absolute atomic E-state index is 13.6. The maximum Gasteiger partial charge on any atom is 0.128 e. The Morgan fingerprint density at radius 3 is 2.72 bits per heavy atom. The van der Waals surface area contributed by atoms with E-state index in [1.807, 2.05) is 41.1 Å². The van der Waals surface area contributed by atoms with Crippen molar-refractivity contribution in [1.29, 1.82) is 0 Å². The second-order valence-corrected chi connectivity index (χ2v) is 4.67. The van der Waals surface area contributed by atoms with E-state index in [4.69, 9.17) is 11.6 Å². The van der Waals surface area contributed by atoms with Crippen LogP contribution in [0, 0.1) is 5.82 Å². The van der Waals surface area contributed by atoms with Crippen molar-refractivity contribution >= 4 is 22.5 Å². The molecule has 0 aliphatic heterocycles. The van der Waals surface area contributed by atoms with Crippen LogP contribution in [0.3, 0.4) is 0 Å². The molecule has 0 saturated carbocycles. The first-order valence-corrected chi connectivity index (χ1v) is 6.09. The molecule has 0 radical (unpaired) electrons. The first-order chi connectivity index (χ1) is 8.74. The van der Waals surface area contributed by atoms with Gasteiger partial charge in [-0.15, -0.1) is 0 Å². The molecule has 0 atom stereocenters. The minimum atomic E-state index is -0.179. The molecule has 0 saturated heterocycles. The van der Waals surface area contributed by atoms with Crippen LogP contribution >= 0.6 is 11.6 Å². The Labute approximate surface area is 109 Å². The van der Waals surface area contributed by atoms with Crippen LogP contribution in [-0.4, -0.2) is 4.57 Å². The van der Waals surface area contributed by atoms with E-state index in [2.05, 4.69) is 0 Å². The van der Waals surface area contributed by atoms with Crippen LogP contribution in [0.1, 0.15) is 5.56 Å². The number of halogens is 2. The second-order valence-electron chi connectivity index (χ2n) is 4.24. The van der Waals surface area contributed by atoms with Crippen molar-refractivity contribution < 1.29 is 4.39 Å². The number of fused-ring (bicyclic) bond motifs is 1. The van der Waals surface area contributed by atoms with E-state index in [1.54, 1.807) is 12.1 Å². The molecule has 3 aromatic rings. The van der Waals surface area contributed by atoms with Crippen molar-refractivity contribution in [2.75, 3.05) is 0 Å². The quantitative estimate of drug-likeness (QED) is 0.639. The van der Waals surface area contributed by atoms with Crippen molar-refractivity contribution in [2.24, 2.45) is 0 Å². The summed E-state index contributed by atoms with van der Waals surface area (Å²) >= 11 is 5.99. The topological polar surface area (TPSA) is 4.93 Å². The zero-order valence-corrected chi connectivity index (χ0v) is 10.4. The smallest absolute Gasteiger partial charge is 0.128 e. The summed E-state index contributed by atoms with van der Waals surface area (Å²) in [4.78, 5) is 0. The minimum Gasteiger partial charge on any atom is -0.343 e. The molecule has 90 valence electrons. The van der Waals surface area contributed by atoms with Gasteiger partial charge in [0.1, 0.15) is 5.82 Å². The maximum atomic E-state index is 13.6. The van der Waals surface area contributed by atoms with Gasteiger partial charge in [-0.3, -0.25) is 0 Å². The number of hydrogen-bond acceptors (Lipinski definition) is 0. The van der Waals surface area contributed by atoms with E-state index in [0.29, 0.717) is 17.1 Å². The molecule has 1 aromatic heterocycles. The average molecular weight is 260 g/mol. The van der Waals surface area contributed by atoms with Gasteiger partial charge in [-0.2, -0.15) is 0 Å². The Kier molecular flexibility index (Phi) is 2.80. The van der Waals surface area contributed by atoms with Gasteiger partial charge in [-0.25, -0.2) is 4.39 Å². The monoisotopic (exact) mass is 259 g/mol. The molecule has 0 amide bonds. The molecule has 3 rings (SSSR count). The van der Waals surface area contributed by atoms with Gasteiger partial charge in [0.2, 0.25) is 0 Å². The van der Waals surface area contributed by atoms with E-state index in [0.717, 1.165) is 10.9 Å². The zero-order valence-electron chi connectivity index (χ0n) is 9.61. The highest BCUT2D eigenvalue weighted by atomic mass is 35.5. The normalized spacial score (nSPS) is 11.0. The van der Waals surface area contributed by atoms with Crippen molar-refractivity contribution in [2.45, 2.75) is 6.54 Å². The van der Waals surface area contributed by atoms with Crippen LogP contribution in [0.25, 0.3) is 10.9 Å². The molecular formula is C15H11ClFN. The van der Waals surface area contributed by atoms with Gasteiger partial charge in [0.05, 0.1) is 6.54 Å². The fourth-order valence-corrected chi connectivity index (χ4v) is 2.27. The summed E-state index contributed by atoms with van der Waals surface area (Å²) in [5.74, 6) is -0.179. The third-order valence-electron chi connectivity index (χ3n) is 3.03. The number of benzene rings is 2. The summed E-state index contributed by atoms with van der Waals surface area (Å²) in [6.07, 6.45) is 1.95. The van der Waals surface area contributed by atoms with Crippen LogP contribution in [0.15, 0.2) is 54.7 Å². The van der Waals surface area contributed by atoms with E-state index < -0.39 is 0 Å². The third-order valence-corrected chi connectivity index (χ3v) is 3.27. The molecule has 0 N–H and O–H groups in total. The molecule has 3 heteroatoms. The molecule has 1 nitrogen and oxygen atoms in total. The predicted molar refractivity (Wildman–Crippen MR) is 72.5 cm³/mol. The van der Waals surface area contributed by atoms with Crippen molar-refractivity contribution in [3.8, 4) is 0 Å². The summed E-state index contributed by atoms with van der Waals surface area (Å²) in [7, 11) is 0. The van der Waals surface area contributed by atoms with Crippen LogP contribution in [0.5, 0.6) is 0 Å². The fraction of sp³-hybridized carbons (Fsp3) is 0.0667. The van der Waals surface area contributed by atoms with Gasteiger partial charge >= 0.3 is 0 Å². The third kappa shape index (κ3) is 2.00. The van der Waals surface area contributed by atoms with Gasteiger partial charge in [0, 0.05) is 22.3 Å². The number of aromatic nitrogens is 1. The van der Waals surface area contributed by atoms with Gasteiger partial charge in [-0.05, 0) is 29.7 Å². The first kappa shape index (κ1) is 11.3. The molecule has 0 unspecified atom stereocenters. The van der Waals surface area contributed by atoms with Crippen LogP contribution in [-0.2, 0) is 6.54 Å². The highest BCUT2D eigenvalue weighted by molar-refractivity contribution is 6.31. The predicted octanol–water partition coefficient (Wildman–Crippen LogP) is 4.48. The lowest BCUT2D eigenvalue weighted by atomic mass is 10.2. The number of nitrogens with zero attached hydrogens (tertiary/aromatic N) is 1. The summed E-state index contributed by atoms with van der Waals surface area (Å²) in [6, 6.07) is 14.6. The Bertz CT molecular complexity index is 703. The van der Waals surface area contributed by atoms with Gasteiger partial charge in [-0.1, -0.05) is 35.9 Å². The number of rotatable bonds is 2. The average Bonchev–Trinajstić information content (AvgIpc) is 2.75. The lowest BCUT2D eigenvalue weighted by Gasteiger charge is -2.07. The lowest BCUT2D eigenvalue weighted by molar-refractivity contribution is 0.602. The highest BCUT2D eigenvalue weighted by Gasteiger charge is 2.05. The molecule has 0 spiro atoms. The highest BCUT2D eigenvalue weighted by Crippen LogP contribution is 2.22. The minimum absolute atomic E-state index is 0.179. The molecule has 1 heterocycles. The molecule has 0 bridgehead atoms. The molecule has 0 aliphatic rings. The summed E-state index contributed by atoms with van der Waals surface area (Å²) in [5, 5.41) is 1.80. The van der Waals surface area contributed by atoms with Crippen LogP contribution in [0.2, 0.25) is 5.02 Å². The van der Waals surface area contributed by atoms with Crippen LogP contribution in [0.4, 0.5) is 4.39 Å². The Balaban J connectivity index is 2.05. The Morgan fingerprint density at radius 1 is 1.06 bits per heavy atom. The van der Waals surface area contributed by atoms with Gasteiger partial charge < -0.3 is 4.57 Å². The van der Waals surface area contributed by atoms with E-state index in [-0.39, 0.29) is 5.82 Å². The van der Waals surface area contributed by atoms with Crippen molar-refractivity contribution in [3.63, 3.8) is 0 Å². The van der Waals surface area contributed by atoms with Gasteiger partial charge in [0.25, 0.3) is 0 Å². The molecule has 0 fully saturated rings. The zero-order chi connectivity index (χ0) is 12.5. The molecule has 0 aliphatic carbocycles. The van der Waals surface area contributed by atoms with Crippen molar-refractivity contribution in [1.82, 2.24) is 4.57 Å². The lowest BCUT2D eigenvalue weighted by Crippen LogP contribution is -2.00. The first-order valence-electron chi connectivity index (χ1n) is 5.72. The fourth-order valence-electron chi connectivity index (χ4n) is 2.11. The Hall–Kier alpha value is -1.80. The van der Waals surface area contributed by atoms with E-state index in [9.17, 15) is 4.39 Å². The standard InChI is InChI=1S/C15H11ClFN/c16-13-6-5-11-7-8-18(15(11)9-13)10-12-3-1-2-4-14(12)17/h1-9H,10H2. The number of hydrogen-bond donors (Lipinski definition) is 0. The van der Waals surface area contributed by atoms with Crippen LogP contribution < -0.4 is 0 Å².